The molecule has 0 aliphatic rings. The number of para-hydroxylation sites is 1. The van der Waals surface area contributed by atoms with Gasteiger partial charge in [-0.1, -0.05) is 47.2 Å². The lowest BCUT2D eigenvalue weighted by molar-refractivity contribution is -0.115. The minimum Gasteiger partial charge on any atom is -0.494 e. The largest absolute Gasteiger partial charge is 0.494 e. The number of fused-ring (bicyclic) bond motifs is 1. The number of ether oxygens (including phenoxy) is 1. The van der Waals surface area contributed by atoms with E-state index >= 15 is 0 Å². The number of carbonyl (C=O) groups is 1. The molecule has 0 fully saturated rings. The number of nitrogens with one attached hydrogen (secondary N) is 1. The molecule has 2 aromatic carbocycles. The number of aryl methyl sites for hydroxylation is 1. The van der Waals surface area contributed by atoms with E-state index in [1.807, 2.05) is 35.7 Å². The second kappa shape index (κ2) is 7.46. The van der Waals surface area contributed by atoms with E-state index in [0.717, 1.165) is 26.5 Å². The number of nitrogens with zero attached hydrogens (tertiary/aromatic N) is 2. The van der Waals surface area contributed by atoms with Crippen LogP contribution in [0.5, 0.6) is 5.75 Å². The number of methoxy groups -OCH3 is 1. The van der Waals surface area contributed by atoms with Crippen molar-refractivity contribution < 1.29 is 9.53 Å². The standard InChI is InChI=1S/C20H17N3O2S2/c1-12-6-8-13(9-7-12)19-21-14(11-26-19)10-17(24)22-20-23-18-15(25-2)4-3-5-16(18)27-20/h3-9,11H,10H2,1-2H3,(H,22,23,24). The van der Waals surface area contributed by atoms with E-state index in [-0.39, 0.29) is 12.3 Å². The number of hydrogen-bond acceptors (Lipinski definition) is 6. The highest BCUT2D eigenvalue weighted by atomic mass is 32.1. The monoisotopic (exact) mass is 395 g/mol. The maximum absolute atomic E-state index is 12.4. The van der Waals surface area contributed by atoms with Gasteiger partial charge in [-0.05, 0) is 19.1 Å². The fraction of sp³-hybridized carbons (Fsp3) is 0.150. The highest BCUT2D eigenvalue weighted by Crippen LogP contribution is 2.32. The summed E-state index contributed by atoms with van der Waals surface area (Å²) in [5.41, 5.74) is 3.79. The first-order valence-corrected chi connectivity index (χ1v) is 10.1. The van der Waals surface area contributed by atoms with Gasteiger partial charge in [0.05, 0.1) is 23.9 Å². The third-order valence-corrected chi connectivity index (χ3v) is 5.92. The summed E-state index contributed by atoms with van der Waals surface area (Å²) < 4.78 is 6.29. The average Bonchev–Trinajstić information content (AvgIpc) is 3.28. The molecule has 0 aliphatic heterocycles. The predicted molar refractivity (Wildman–Crippen MR) is 111 cm³/mol. The second-order valence-corrected chi connectivity index (χ2v) is 7.95. The highest BCUT2D eigenvalue weighted by molar-refractivity contribution is 7.22. The zero-order chi connectivity index (χ0) is 18.8. The molecule has 0 saturated heterocycles. The molecule has 1 N–H and O–H groups in total. The van der Waals surface area contributed by atoms with Gasteiger partial charge in [-0.3, -0.25) is 4.79 Å². The van der Waals surface area contributed by atoms with Crippen LogP contribution in [0, 0.1) is 6.92 Å². The molecular weight excluding hydrogens is 378 g/mol. The molecule has 0 bridgehead atoms. The van der Waals surface area contributed by atoms with Crippen LogP contribution in [0.25, 0.3) is 20.8 Å². The Morgan fingerprint density at radius 2 is 1.96 bits per heavy atom. The van der Waals surface area contributed by atoms with Crippen molar-refractivity contribution in [2.24, 2.45) is 0 Å². The summed E-state index contributed by atoms with van der Waals surface area (Å²) in [6, 6.07) is 13.9. The molecule has 7 heteroatoms. The Labute approximate surface area is 164 Å². The van der Waals surface area contributed by atoms with Gasteiger partial charge in [-0.2, -0.15) is 0 Å². The number of hydrogen-bond donors (Lipinski definition) is 1. The van der Waals surface area contributed by atoms with Crippen LogP contribution in [0.2, 0.25) is 0 Å². The summed E-state index contributed by atoms with van der Waals surface area (Å²) in [6.07, 6.45) is 0.218. The number of thiazole rings is 2. The average molecular weight is 396 g/mol. The van der Waals surface area contributed by atoms with Crippen molar-refractivity contribution in [2.75, 3.05) is 12.4 Å². The summed E-state index contributed by atoms with van der Waals surface area (Å²) in [5, 5.41) is 6.27. The molecule has 0 atom stereocenters. The lowest BCUT2D eigenvalue weighted by Crippen LogP contribution is -2.14. The molecule has 0 radical (unpaired) electrons. The van der Waals surface area contributed by atoms with Crippen molar-refractivity contribution in [3.8, 4) is 16.3 Å². The lowest BCUT2D eigenvalue weighted by Gasteiger charge is -2.00. The molecule has 4 rings (SSSR count). The molecule has 4 aromatic rings. The van der Waals surface area contributed by atoms with Gasteiger partial charge >= 0.3 is 0 Å². The van der Waals surface area contributed by atoms with E-state index in [9.17, 15) is 4.79 Å². The van der Waals surface area contributed by atoms with Crippen molar-refractivity contribution in [3.63, 3.8) is 0 Å². The van der Waals surface area contributed by atoms with Crippen molar-refractivity contribution >= 4 is 43.9 Å². The Bertz CT molecular complexity index is 1100. The fourth-order valence-electron chi connectivity index (χ4n) is 2.69. The first kappa shape index (κ1) is 17.6. The molecule has 1 amide bonds. The SMILES string of the molecule is COc1cccc2sc(NC(=O)Cc3csc(-c4ccc(C)cc4)n3)nc12. The quantitative estimate of drug-likeness (QED) is 0.521. The summed E-state index contributed by atoms with van der Waals surface area (Å²) in [5.74, 6) is 0.570. The third kappa shape index (κ3) is 3.84. The summed E-state index contributed by atoms with van der Waals surface area (Å²) in [7, 11) is 1.61. The second-order valence-electron chi connectivity index (χ2n) is 6.06. The highest BCUT2D eigenvalue weighted by Gasteiger charge is 2.13. The van der Waals surface area contributed by atoms with Gasteiger partial charge in [-0.15, -0.1) is 11.3 Å². The Kier molecular flexibility index (Phi) is 4.87. The molecule has 0 unspecified atom stereocenters. The summed E-state index contributed by atoms with van der Waals surface area (Å²) in [4.78, 5) is 21.4. The number of amides is 1. The first-order chi connectivity index (χ1) is 13.1. The van der Waals surface area contributed by atoms with Gasteiger partial charge in [0.2, 0.25) is 5.91 Å². The smallest absolute Gasteiger partial charge is 0.232 e. The van der Waals surface area contributed by atoms with Crippen molar-refractivity contribution in [1.82, 2.24) is 9.97 Å². The zero-order valence-electron chi connectivity index (χ0n) is 14.9. The van der Waals surface area contributed by atoms with E-state index in [2.05, 4.69) is 34.3 Å². The minimum absolute atomic E-state index is 0.131. The molecular formula is C20H17N3O2S2. The van der Waals surface area contributed by atoms with Gasteiger partial charge in [0.15, 0.2) is 5.13 Å². The van der Waals surface area contributed by atoms with Gasteiger partial charge in [0, 0.05) is 10.9 Å². The van der Waals surface area contributed by atoms with Gasteiger partial charge in [0.1, 0.15) is 16.3 Å². The van der Waals surface area contributed by atoms with E-state index in [1.54, 1.807) is 18.4 Å². The van der Waals surface area contributed by atoms with Crippen LogP contribution in [0.15, 0.2) is 47.8 Å². The Morgan fingerprint density at radius 1 is 1.15 bits per heavy atom. The van der Waals surface area contributed by atoms with Crippen molar-refractivity contribution in [1.29, 1.82) is 0 Å². The summed E-state index contributed by atoms with van der Waals surface area (Å²) >= 11 is 2.97. The van der Waals surface area contributed by atoms with Gasteiger partial charge < -0.3 is 10.1 Å². The van der Waals surface area contributed by atoms with Crippen LogP contribution >= 0.6 is 22.7 Å². The number of carbonyl (C=O) groups excluding carboxylic acids is 1. The molecule has 0 spiro atoms. The Morgan fingerprint density at radius 3 is 2.74 bits per heavy atom. The summed E-state index contributed by atoms with van der Waals surface area (Å²) in [6.45, 7) is 2.05. The number of anilines is 1. The first-order valence-electron chi connectivity index (χ1n) is 8.37. The number of rotatable bonds is 5. The van der Waals surface area contributed by atoms with Crippen LogP contribution in [0.4, 0.5) is 5.13 Å². The molecule has 136 valence electrons. The van der Waals surface area contributed by atoms with Gasteiger partial charge in [-0.25, -0.2) is 9.97 Å². The van der Waals surface area contributed by atoms with Crippen LogP contribution in [-0.2, 0) is 11.2 Å². The van der Waals surface area contributed by atoms with Crippen LogP contribution < -0.4 is 10.1 Å². The molecule has 0 aliphatic carbocycles. The topological polar surface area (TPSA) is 64.1 Å². The molecule has 2 heterocycles. The zero-order valence-corrected chi connectivity index (χ0v) is 16.5. The van der Waals surface area contributed by atoms with Gasteiger partial charge in [0.25, 0.3) is 0 Å². The van der Waals surface area contributed by atoms with E-state index in [0.29, 0.717) is 10.9 Å². The maximum Gasteiger partial charge on any atom is 0.232 e. The van der Waals surface area contributed by atoms with E-state index in [1.165, 1.54) is 16.9 Å². The fourth-order valence-corrected chi connectivity index (χ4v) is 4.41. The Hall–Kier alpha value is -2.77. The molecule has 0 saturated carbocycles. The van der Waals surface area contributed by atoms with Crippen molar-refractivity contribution in [2.45, 2.75) is 13.3 Å². The van der Waals surface area contributed by atoms with E-state index in [4.69, 9.17) is 4.74 Å². The molecule has 2 aromatic heterocycles. The maximum atomic E-state index is 12.4. The van der Waals surface area contributed by atoms with Crippen LogP contribution in [-0.4, -0.2) is 23.0 Å². The van der Waals surface area contributed by atoms with Crippen molar-refractivity contribution in [3.05, 3.63) is 59.1 Å². The van der Waals surface area contributed by atoms with Crippen LogP contribution in [0.3, 0.4) is 0 Å². The molecule has 5 nitrogen and oxygen atoms in total. The number of benzene rings is 2. The predicted octanol–water partition coefficient (Wildman–Crippen LogP) is 4.92. The normalized spacial score (nSPS) is 10.9. The Balaban J connectivity index is 1.46. The third-order valence-electron chi connectivity index (χ3n) is 4.04. The minimum atomic E-state index is -0.131. The van der Waals surface area contributed by atoms with E-state index < -0.39 is 0 Å². The molecule has 27 heavy (non-hydrogen) atoms. The number of aromatic nitrogens is 2. The van der Waals surface area contributed by atoms with Crippen LogP contribution in [0.1, 0.15) is 11.3 Å². The lowest BCUT2D eigenvalue weighted by atomic mass is 10.2.